The van der Waals surface area contributed by atoms with Crippen LogP contribution in [0.1, 0.15) is 15.9 Å². The van der Waals surface area contributed by atoms with Gasteiger partial charge in [0.25, 0.3) is 5.91 Å². The number of pyridine rings is 1. The van der Waals surface area contributed by atoms with Crippen LogP contribution in [0.4, 0.5) is 13.2 Å². The molecule has 1 heterocycles. The van der Waals surface area contributed by atoms with E-state index in [1.54, 1.807) is 6.07 Å². The van der Waals surface area contributed by atoms with Crippen molar-refractivity contribution in [3.8, 4) is 11.5 Å². The first-order valence-corrected chi connectivity index (χ1v) is 6.36. The SMILES string of the molecule is NC(=O)c1cc(C(F)(F)F)ccc1Oc1cncc(Br)c1. The molecule has 21 heavy (non-hydrogen) atoms. The molecule has 110 valence electrons. The molecule has 1 aromatic carbocycles. The fourth-order valence-electron chi connectivity index (χ4n) is 1.56. The fourth-order valence-corrected chi connectivity index (χ4v) is 1.91. The summed E-state index contributed by atoms with van der Waals surface area (Å²) in [6.45, 7) is 0. The average molecular weight is 361 g/mol. The molecule has 0 aliphatic rings. The number of carbonyl (C=O) groups is 1. The zero-order valence-electron chi connectivity index (χ0n) is 10.3. The third-order valence-corrected chi connectivity index (χ3v) is 2.91. The van der Waals surface area contributed by atoms with E-state index in [2.05, 4.69) is 20.9 Å². The van der Waals surface area contributed by atoms with Crippen molar-refractivity contribution in [3.63, 3.8) is 0 Å². The fraction of sp³-hybridized carbons (Fsp3) is 0.0769. The molecule has 0 spiro atoms. The molecule has 0 atom stereocenters. The Morgan fingerprint density at radius 3 is 2.52 bits per heavy atom. The molecule has 0 fully saturated rings. The summed E-state index contributed by atoms with van der Waals surface area (Å²) >= 11 is 3.18. The van der Waals surface area contributed by atoms with Crippen molar-refractivity contribution in [2.24, 2.45) is 5.73 Å². The molecule has 4 nitrogen and oxygen atoms in total. The highest BCUT2D eigenvalue weighted by molar-refractivity contribution is 9.10. The minimum Gasteiger partial charge on any atom is -0.455 e. The van der Waals surface area contributed by atoms with E-state index in [1.807, 2.05) is 0 Å². The van der Waals surface area contributed by atoms with E-state index >= 15 is 0 Å². The van der Waals surface area contributed by atoms with E-state index in [1.165, 1.54) is 12.4 Å². The molecule has 0 saturated heterocycles. The lowest BCUT2D eigenvalue weighted by molar-refractivity contribution is -0.137. The number of halogens is 4. The number of nitrogens with zero attached hydrogens (tertiary/aromatic N) is 1. The molecule has 2 rings (SSSR count). The topological polar surface area (TPSA) is 65.2 Å². The largest absolute Gasteiger partial charge is 0.455 e. The maximum Gasteiger partial charge on any atom is 0.416 e. The van der Waals surface area contributed by atoms with Gasteiger partial charge in [-0.2, -0.15) is 13.2 Å². The van der Waals surface area contributed by atoms with Crippen LogP contribution in [0.3, 0.4) is 0 Å². The second-order valence-electron chi connectivity index (χ2n) is 4.01. The summed E-state index contributed by atoms with van der Waals surface area (Å²) in [6.07, 6.45) is -1.71. The van der Waals surface area contributed by atoms with Crippen LogP contribution in [0, 0.1) is 0 Å². The van der Waals surface area contributed by atoms with Crippen molar-refractivity contribution < 1.29 is 22.7 Å². The van der Waals surface area contributed by atoms with Gasteiger partial charge in [-0.3, -0.25) is 9.78 Å². The summed E-state index contributed by atoms with van der Waals surface area (Å²) in [4.78, 5) is 15.2. The Balaban J connectivity index is 2.42. The van der Waals surface area contributed by atoms with Crippen LogP contribution in [0.25, 0.3) is 0 Å². The van der Waals surface area contributed by atoms with Crippen molar-refractivity contribution in [1.82, 2.24) is 4.98 Å². The van der Waals surface area contributed by atoms with Crippen LogP contribution in [-0.2, 0) is 6.18 Å². The maximum absolute atomic E-state index is 12.6. The number of amides is 1. The Morgan fingerprint density at radius 2 is 1.95 bits per heavy atom. The van der Waals surface area contributed by atoms with E-state index in [-0.39, 0.29) is 17.1 Å². The van der Waals surface area contributed by atoms with Gasteiger partial charge in [0, 0.05) is 10.7 Å². The lowest BCUT2D eigenvalue weighted by Crippen LogP contribution is -2.14. The molecule has 2 aromatic rings. The Hall–Kier alpha value is -2.09. The van der Waals surface area contributed by atoms with Gasteiger partial charge in [-0.05, 0) is 40.2 Å². The zero-order valence-corrected chi connectivity index (χ0v) is 11.9. The molecule has 1 aromatic heterocycles. The number of rotatable bonds is 3. The first-order valence-electron chi connectivity index (χ1n) is 5.57. The van der Waals surface area contributed by atoms with Gasteiger partial charge in [0.1, 0.15) is 11.5 Å². The van der Waals surface area contributed by atoms with Gasteiger partial charge in [-0.1, -0.05) is 0 Å². The highest BCUT2D eigenvalue weighted by atomic mass is 79.9. The third-order valence-electron chi connectivity index (χ3n) is 2.48. The van der Waals surface area contributed by atoms with Crippen molar-refractivity contribution in [2.45, 2.75) is 6.18 Å². The third kappa shape index (κ3) is 3.72. The minimum atomic E-state index is -4.57. The lowest BCUT2D eigenvalue weighted by Gasteiger charge is -2.12. The van der Waals surface area contributed by atoms with Crippen molar-refractivity contribution in [3.05, 3.63) is 52.3 Å². The summed E-state index contributed by atoms with van der Waals surface area (Å²) in [7, 11) is 0. The number of nitrogens with two attached hydrogens (primary N) is 1. The lowest BCUT2D eigenvalue weighted by atomic mass is 10.1. The predicted octanol–water partition coefficient (Wildman–Crippen LogP) is 3.75. The first kappa shape index (κ1) is 15.3. The standard InChI is InChI=1S/C13H8BrF3N2O2/c14-8-4-9(6-19-5-8)21-11-2-1-7(13(15,16)17)3-10(11)12(18)20/h1-6H,(H2,18,20). The van der Waals surface area contributed by atoms with E-state index in [9.17, 15) is 18.0 Å². The number of hydrogen-bond donors (Lipinski definition) is 1. The van der Waals surface area contributed by atoms with Crippen LogP contribution < -0.4 is 10.5 Å². The van der Waals surface area contributed by atoms with E-state index in [0.717, 1.165) is 12.1 Å². The summed E-state index contributed by atoms with van der Waals surface area (Å²) < 4.78 is 43.9. The highest BCUT2D eigenvalue weighted by Gasteiger charge is 2.31. The molecule has 1 amide bonds. The van der Waals surface area contributed by atoms with Crippen LogP contribution in [0.2, 0.25) is 0 Å². The van der Waals surface area contributed by atoms with Gasteiger partial charge in [0.15, 0.2) is 0 Å². The zero-order chi connectivity index (χ0) is 15.6. The van der Waals surface area contributed by atoms with E-state index < -0.39 is 17.6 Å². The first-order chi connectivity index (χ1) is 9.77. The highest BCUT2D eigenvalue weighted by Crippen LogP contribution is 2.34. The van der Waals surface area contributed by atoms with Crippen molar-refractivity contribution >= 4 is 21.8 Å². The Kier molecular flexibility index (Phi) is 4.17. The Labute approximate surface area is 125 Å². The number of alkyl halides is 3. The van der Waals surface area contributed by atoms with Gasteiger partial charge < -0.3 is 10.5 Å². The van der Waals surface area contributed by atoms with Crippen molar-refractivity contribution in [2.75, 3.05) is 0 Å². The summed E-state index contributed by atoms with van der Waals surface area (Å²) in [5.74, 6) is -0.832. The Morgan fingerprint density at radius 1 is 1.24 bits per heavy atom. The van der Waals surface area contributed by atoms with Crippen LogP contribution >= 0.6 is 15.9 Å². The number of hydrogen-bond acceptors (Lipinski definition) is 3. The maximum atomic E-state index is 12.6. The van der Waals surface area contributed by atoms with Gasteiger partial charge >= 0.3 is 6.18 Å². The number of carbonyl (C=O) groups excluding carboxylic acids is 1. The molecule has 0 aliphatic heterocycles. The van der Waals surface area contributed by atoms with Crippen LogP contribution in [0.5, 0.6) is 11.5 Å². The molecular formula is C13H8BrF3N2O2. The molecule has 0 unspecified atom stereocenters. The van der Waals surface area contributed by atoms with Gasteiger partial charge in [0.05, 0.1) is 17.3 Å². The summed E-state index contributed by atoms with van der Waals surface area (Å²) in [6, 6.07) is 4.07. The van der Waals surface area contributed by atoms with Gasteiger partial charge in [-0.25, -0.2) is 0 Å². The normalized spacial score (nSPS) is 11.2. The van der Waals surface area contributed by atoms with Crippen molar-refractivity contribution in [1.29, 1.82) is 0 Å². The molecule has 0 aliphatic carbocycles. The monoisotopic (exact) mass is 360 g/mol. The average Bonchev–Trinajstić information content (AvgIpc) is 2.37. The summed E-state index contributed by atoms with van der Waals surface area (Å²) in [5, 5.41) is 0. The molecular weight excluding hydrogens is 353 g/mol. The number of aromatic nitrogens is 1. The van der Waals surface area contributed by atoms with Crippen LogP contribution in [-0.4, -0.2) is 10.9 Å². The molecule has 0 radical (unpaired) electrons. The second-order valence-corrected chi connectivity index (χ2v) is 4.93. The number of ether oxygens (including phenoxy) is 1. The molecule has 0 bridgehead atoms. The summed E-state index contributed by atoms with van der Waals surface area (Å²) in [5.41, 5.74) is 3.77. The quantitative estimate of drug-likeness (QED) is 0.906. The van der Waals surface area contributed by atoms with E-state index in [0.29, 0.717) is 10.5 Å². The predicted molar refractivity (Wildman–Crippen MR) is 72.0 cm³/mol. The number of benzene rings is 1. The van der Waals surface area contributed by atoms with Crippen LogP contribution in [0.15, 0.2) is 41.1 Å². The Bertz CT molecular complexity index is 689. The molecule has 8 heteroatoms. The minimum absolute atomic E-state index is 0.0737. The second kappa shape index (κ2) is 5.72. The smallest absolute Gasteiger partial charge is 0.416 e. The molecule has 0 saturated carbocycles. The van der Waals surface area contributed by atoms with E-state index in [4.69, 9.17) is 10.5 Å². The molecule has 2 N–H and O–H groups in total. The number of primary amides is 1. The van der Waals surface area contributed by atoms with Gasteiger partial charge in [0.2, 0.25) is 0 Å². The van der Waals surface area contributed by atoms with Gasteiger partial charge in [-0.15, -0.1) is 0 Å².